The first-order valence-electron chi connectivity index (χ1n) is 23.9. The average molecular weight is 873 g/mol. The second-order valence-electron chi connectivity index (χ2n) is 14.1. The van der Waals surface area contributed by atoms with Gasteiger partial charge >= 0.3 is 0 Å². The van der Waals surface area contributed by atoms with Gasteiger partial charge in [-0.3, -0.25) is 0 Å². The van der Waals surface area contributed by atoms with Crippen LogP contribution in [0.25, 0.3) is 44.5 Å². The number of furan rings is 1. The third-order valence-electron chi connectivity index (χ3n) is 8.77. The smallest absolute Gasteiger partial charge is 0.124 e. The van der Waals surface area contributed by atoms with E-state index in [4.69, 9.17) is 12.6 Å². The zero-order valence-corrected chi connectivity index (χ0v) is 31.8. The van der Waals surface area contributed by atoms with Gasteiger partial charge in [0.15, 0.2) is 0 Å². The van der Waals surface area contributed by atoms with Gasteiger partial charge in [0.25, 0.3) is 0 Å². The SMILES string of the molecule is [2H]C([2H])([2H])c1c[c-]c(-c2cc(C([2H])(C)C)ccn2)cc1.[2H]C([2H])(c1ccnc(-c2[c-]ccc3c2oc2c4c(ccc23)C([2H])([2H])C2(C([2H])([2H])c3ccccc3C2([2H])[2H])C4([2H])[2H])c1)C(C)(C)C.[Ir]. The van der Waals surface area contributed by atoms with E-state index in [0.717, 1.165) is 11.1 Å². The van der Waals surface area contributed by atoms with Gasteiger partial charge in [-0.05, 0) is 94.4 Å². The van der Waals surface area contributed by atoms with Gasteiger partial charge in [0.05, 0.1) is 5.58 Å². The van der Waals surface area contributed by atoms with Crippen molar-refractivity contribution in [2.45, 2.75) is 79.2 Å². The number of aromatic nitrogens is 2. The van der Waals surface area contributed by atoms with Crippen molar-refractivity contribution in [1.82, 2.24) is 9.97 Å². The minimum Gasteiger partial charge on any atom is -0.500 e. The molecule has 3 aromatic heterocycles. The number of benzene rings is 4. The van der Waals surface area contributed by atoms with Crippen molar-refractivity contribution in [2.24, 2.45) is 10.8 Å². The number of hydrogen-bond donors (Lipinski definition) is 0. The molecule has 265 valence electrons. The first kappa shape index (κ1) is 22.6. The molecule has 0 bridgehead atoms. The van der Waals surface area contributed by atoms with Crippen LogP contribution in [-0.4, -0.2) is 9.97 Å². The molecule has 0 N–H and O–H groups in total. The van der Waals surface area contributed by atoms with Crippen molar-refractivity contribution in [3.05, 3.63) is 154 Å². The van der Waals surface area contributed by atoms with E-state index in [9.17, 15) is 11.0 Å². The summed E-state index contributed by atoms with van der Waals surface area (Å²) in [6.45, 7) is 6.95. The fourth-order valence-electron chi connectivity index (χ4n) is 6.46. The molecule has 0 saturated carbocycles. The molecule has 3 nitrogen and oxygen atoms in total. The van der Waals surface area contributed by atoms with Crippen molar-refractivity contribution in [3.8, 4) is 22.5 Å². The Labute approximate surface area is 342 Å². The van der Waals surface area contributed by atoms with Crippen LogP contribution in [0, 0.1) is 29.8 Å². The van der Waals surface area contributed by atoms with Gasteiger partial charge in [0.2, 0.25) is 0 Å². The predicted octanol–water partition coefficient (Wildman–Crippen LogP) is 11.9. The fraction of sp³-hybridized carbons (Fsp3) is 0.292. The largest absolute Gasteiger partial charge is 0.500 e. The average Bonchev–Trinajstić information content (AvgIpc) is 3.73. The van der Waals surface area contributed by atoms with Crippen molar-refractivity contribution >= 4 is 21.9 Å². The Morgan fingerprint density at radius 1 is 0.846 bits per heavy atom. The van der Waals surface area contributed by atoms with Crippen LogP contribution in [0.1, 0.15) is 98.6 Å². The van der Waals surface area contributed by atoms with Crippen LogP contribution in [0.15, 0.2) is 108 Å². The third kappa shape index (κ3) is 7.16. The zero-order chi connectivity index (χ0) is 47.7. The molecule has 0 amide bonds. The van der Waals surface area contributed by atoms with Crippen LogP contribution in [0.4, 0.5) is 0 Å². The molecule has 0 saturated heterocycles. The van der Waals surface area contributed by atoms with Gasteiger partial charge in [-0.1, -0.05) is 112 Å². The molecule has 1 spiro atoms. The maximum absolute atomic E-state index is 9.51. The molecule has 0 aliphatic heterocycles. The van der Waals surface area contributed by atoms with Crippen LogP contribution in [0.3, 0.4) is 0 Å². The van der Waals surface area contributed by atoms with Gasteiger partial charge < -0.3 is 14.4 Å². The van der Waals surface area contributed by atoms with Crippen molar-refractivity contribution < 1.29 is 43.7 Å². The van der Waals surface area contributed by atoms with Crippen LogP contribution >= 0.6 is 0 Å². The Morgan fingerprint density at radius 3 is 2.29 bits per heavy atom. The molecule has 3 heterocycles. The number of rotatable bonds is 4. The Bertz CT molecular complexity index is 2970. The molecular formula is C48H46IrN2O-2. The third-order valence-corrected chi connectivity index (χ3v) is 8.77. The monoisotopic (exact) mass is 873 g/mol. The quantitative estimate of drug-likeness (QED) is 0.165. The summed E-state index contributed by atoms with van der Waals surface area (Å²) in [4.78, 5) is 8.74. The molecule has 4 heteroatoms. The topological polar surface area (TPSA) is 38.9 Å². The standard InChI is InChI=1S/C33H30NO.C15H16N.Ir/c1-32(2,3)16-21-13-14-34-29(15-21)27-10-6-9-25-26-12-11-24-19-33(20-28(24)31(26)35-30(25)27)17-22-7-4-5-8-23(22)18-33;1-11(2)14-8-9-16-15(10-14)13-6-4-12(3)5-7-13;/h4-9,11-15H,16-20H2,1-3H3;4-6,8-11H,1-3H3;/q2*-1;/i16D2,17D2,18D2,19D2,20D2;3D3,11D;. The van der Waals surface area contributed by atoms with Crippen LogP contribution in [0.2, 0.25) is 0 Å². The van der Waals surface area contributed by atoms with E-state index in [1.165, 1.54) is 30.5 Å². The molecule has 0 unspecified atom stereocenters. The molecule has 2 aliphatic carbocycles. The second-order valence-corrected chi connectivity index (χ2v) is 14.1. The minimum absolute atomic E-state index is 0. The maximum atomic E-state index is 9.51. The maximum Gasteiger partial charge on any atom is 0.124 e. The summed E-state index contributed by atoms with van der Waals surface area (Å²) in [5.41, 5.74) is -0.0594. The van der Waals surface area contributed by atoms with E-state index in [-0.39, 0.29) is 59.1 Å². The van der Waals surface area contributed by atoms with Gasteiger partial charge in [-0.15, -0.1) is 53.6 Å². The Hall–Kier alpha value is -4.37. The molecule has 52 heavy (non-hydrogen) atoms. The van der Waals surface area contributed by atoms with Crippen LogP contribution in [0.5, 0.6) is 0 Å². The number of nitrogens with zero attached hydrogens (tertiary/aromatic N) is 2. The summed E-state index contributed by atoms with van der Waals surface area (Å²) in [5.74, 6) is -0.698. The summed E-state index contributed by atoms with van der Waals surface area (Å²) in [7, 11) is 0. The van der Waals surface area contributed by atoms with E-state index < -0.39 is 55.4 Å². The minimum atomic E-state index is -2.88. The molecule has 2 aliphatic rings. The fourth-order valence-corrected chi connectivity index (χ4v) is 6.46. The van der Waals surface area contributed by atoms with E-state index in [2.05, 4.69) is 22.1 Å². The molecule has 0 fully saturated rings. The molecule has 0 atom stereocenters. The first-order chi connectivity index (χ1) is 29.9. The number of fused-ring (bicyclic) bond motifs is 6. The van der Waals surface area contributed by atoms with Crippen molar-refractivity contribution in [1.29, 1.82) is 0 Å². The zero-order valence-electron chi connectivity index (χ0n) is 43.5. The van der Waals surface area contributed by atoms with Gasteiger partial charge in [0, 0.05) is 57.1 Å². The number of pyridine rings is 2. The van der Waals surface area contributed by atoms with E-state index >= 15 is 0 Å². The molecule has 7 aromatic rings. The van der Waals surface area contributed by atoms with E-state index in [1.807, 2.05) is 46.8 Å². The summed E-state index contributed by atoms with van der Waals surface area (Å²) in [6.07, 6.45) is -9.68. The van der Waals surface area contributed by atoms with Gasteiger partial charge in [0.1, 0.15) is 5.58 Å². The summed E-state index contributed by atoms with van der Waals surface area (Å²) >= 11 is 0. The van der Waals surface area contributed by atoms with Crippen molar-refractivity contribution in [3.63, 3.8) is 0 Å². The molecule has 4 aromatic carbocycles. The Morgan fingerprint density at radius 2 is 1.58 bits per heavy atom. The summed E-state index contributed by atoms with van der Waals surface area (Å²) in [6, 6.07) is 30.1. The molecule has 1 radical (unpaired) electrons. The summed E-state index contributed by atoms with van der Waals surface area (Å²) < 4.78 is 128. The van der Waals surface area contributed by atoms with Crippen LogP contribution in [-0.2, 0) is 52.0 Å². The first-order valence-corrected chi connectivity index (χ1v) is 16.9. The van der Waals surface area contributed by atoms with Crippen LogP contribution < -0.4 is 0 Å². The summed E-state index contributed by atoms with van der Waals surface area (Å²) in [5, 5.41) is 1.01. The van der Waals surface area contributed by atoms with E-state index in [0.29, 0.717) is 33.3 Å². The van der Waals surface area contributed by atoms with Gasteiger partial charge in [-0.2, -0.15) is 0 Å². The van der Waals surface area contributed by atoms with Crippen molar-refractivity contribution in [2.75, 3.05) is 0 Å². The molecule has 9 rings (SSSR count). The Kier molecular flexibility index (Phi) is 6.19. The van der Waals surface area contributed by atoms with Gasteiger partial charge in [-0.25, -0.2) is 0 Å². The Balaban J connectivity index is 0.000000260. The number of hydrogen-bond acceptors (Lipinski definition) is 3. The number of aryl methyl sites for hydroxylation is 1. The van der Waals surface area contributed by atoms with E-state index in [1.54, 1.807) is 60.8 Å². The second kappa shape index (κ2) is 14.2. The molecular weight excluding hydrogens is 813 g/mol. The normalized spacial score (nSPS) is 22.9. The predicted molar refractivity (Wildman–Crippen MR) is 210 cm³/mol.